The standard InChI is InChI=1S/C27H25BrN2O4/c1-18-23(26(31)33-15-7-11-20-9-4-3-5-10-20)25(21-12-6-13-22(28)17-21)24(19(2)30-18)27(32)34-16-8-14-29/h3-7,9-13,17,25,30H,8,15-16H2,1-2H3/b11-7+. The molecule has 0 radical (unpaired) electrons. The molecule has 0 spiro atoms. The number of dihydropyridines is 1. The second-order valence-electron chi connectivity index (χ2n) is 7.65. The number of carbonyl (C=O) groups excluding carboxylic acids is 2. The van der Waals surface area contributed by atoms with Crippen LogP contribution in [0.15, 0.2) is 87.7 Å². The fourth-order valence-electron chi connectivity index (χ4n) is 3.77. The van der Waals surface area contributed by atoms with Crippen LogP contribution in [0.1, 0.15) is 37.3 Å². The summed E-state index contributed by atoms with van der Waals surface area (Å²) in [5, 5.41) is 11.9. The molecule has 7 heteroatoms. The van der Waals surface area contributed by atoms with E-state index in [-0.39, 0.29) is 19.6 Å². The number of nitrogens with zero attached hydrogens (tertiary/aromatic N) is 1. The molecule has 2 aromatic carbocycles. The molecule has 0 saturated carbocycles. The lowest BCUT2D eigenvalue weighted by Crippen LogP contribution is -2.32. The first kappa shape index (κ1) is 25.0. The Morgan fingerprint density at radius 1 is 1.03 bits per heavy atom. The van der Waals surface area contributed by atoms with E-state index >= 15 is 0 Å². The number of nitrogens with one attached hydrogen (secondary N) is 1. The Morgan fingerprint density at radius 2 is 1.71 bits per heavy atom. The van der Waals surface area contributed by atoms with Crippen molar-refractivity contribution in [2.45, 2.75) is 26.2 Å². The fourth-order valence-corrected chi connectivity index (χ4v) is 4.19. The van der Waals surface area contributed by atoms with Crippen molar-refractivity contribution in [2.75, 3.05) is 13.2 Å². The number of ether oxygens (including phenoxy) is 2. The summed E-state index contributed by atoms with van der Waals surface area (Å²) in [6.07, 6.45) is 3.73. The molecular formula is C27H25BrN2O4. The Hall–Kier alpha value is -3.63. The fraction of sp³-hybridized carbons (Fsp3) is 0.222. The number of carbonyl (C=O) groups is 2. The van der Waals surface area contributed by atoms with Crippen molar-refractivity contribution in [2.24, 2.45) is 0 Å². The minimum atomic E-state index is -0.682. The van der Waals surface area contributed by atoms with Gasteiger partial charge in [0.25, 0.3) is 0 Å². The first-order chi connectivity index (χ1) is 16.4. The van der Waals surface area contributed by atoms with Gasteiger partial charge < -0.3 is 14.8 Å². The number of allylic oxidation sites excluding steroid dienone is 2. The molecule has 0 aliphatic carbocycles. The molecular weight excluding hydrogens is 496 g/mol. The second kappa shape index (κ2) is 12.0. The van der Waals surface area contributed by atoms with Crippen LogP contribution in [0, 0.1) is 11.3 Å². The van der Waals surface area contributed by atoms with Crippen LogP contribution < -0.4 is 5.32 Å². The van der Waals surface area contributed by atoms with E-state index in [1.54, 1.807) is 19.9 Å². The number of hydrogen-bond acceptors (Lipinski definition) is 6. The Kier molecular flexibility index (Phi) is 8.83. The van der Waals surface area contributed by atoms with Gasteiger partial charge >= 0.3 is 11.9 Å². The molecule has 0 bridgehead atoms. The van der Waals surface area contributed by atoms with Crippen LogP contribution in [-0.2, 0) is 19.1 Å². The van der Waals surface area contributed by atoms with E-state index in [2.05, 4.69) is 21.2 Å². The Labute approximate surface area is 207 Å². The van der Waals surface area contributed by atoms with E-state index in [4.69, 9.17) is 14.7 Å². The minimum absolute atomic E-state index is 0.0237. The van der Waals surface area contributed by atoms with Crippen molar-refractivity contribution in [3.05, 3.63) is 98.8 Å². The highest BCUT2D eigenvalue weighted by atomic mass is 79.9. The molecule has 2 aromatic rings. The highest BCUT2D eigenvalue weighted by Crippen LogP contribution is 2.40. The van der Waals surface area contributed by atoms with E-state index < -0.39 is 17.9 Å². The normalized spacial score (nSPS) is 15.6. The molecule has 0 amide bonds. The van der Waals surface area contributed by atoms with E-state index in [1.807, 2.05) is 66.7 Å². The predicted octanol–water partition coefficient (Wildman–Crippen LogP) is 5.40. The number of hydrogen-bond donors (Lipinski definition) is 1. The third-order valence-electron chi connectivity index (χ3n) is 5.25. The van der Waals surface area contributed by atoms with Crippen LogP contribution in [0.5, 0.6) is 0 Å². The third kappa shape index (κ3) is 6.24. The zero-order valence-electron chi connectivity index (χ0n) is 19.0. The van der Waals surface area contributed by atoms with E-state index in [9.17, 15) is 9.59 Å². The van der Waals surface area contributed by atoms with Gasteiger partial charge in [-0.1, -0.05) is 64.5 Å². The van der Waals surface area contributed by atoms with E-state index in [0.717, 1.165) is 15.6 Å². The maximum absolute atomic E-state index is 13.2. The number of nitriles is 1. The zero-order valence-corrected chi connectivity index (χ0v) is 20.6. The largest absolute Gasteiger partial charge is 0.461 e. The number of esters is 2. The van der Waals surface area contributed by atoms with Gasteiger partial charge in [-0.25, -0.2) is 9.59 Å². The summed E-state index contributed by atoms with van der Waals surface area (Å²) in [5.41, 5.74) is 3.59. The van der Waals surface area contributed by atoms with Gasteiger partial charge in [0.05, 0.1) is 29.6 Å². The van der Waals surface area contributed by atoms with Crippen LogP contribution in [0.4, 0.5) is 0 Å². The molecule has 1 aliphatic heterocycles. The molecule has 1 heterocycles. The van der Waals surface area contributed by atoms with Gasteiger partial charge in [0.15, 0.2) is 0 Å². The molecule has 34 heavy (non-hydrogen) atoms. The molecule has 0 aromatic heterocycles. The topological polar surface area (TPSA) is 88.4 Å². The number of halogens is 1. The maximum Gasteiger partial charge on any atom is 0.337 e. The predicted molar refractivity (Wildman–Crippen MR) is 133 cm³/mol. The molecule has 6 nitrogen and oxygen atoms in total. The van der Waals surface area contributed by atoms with Gasteiger partial charge in [-0.05, 0) is 43.2 Å². The third-order valence-corrected chi connectivity index (χ3v) is 5.74. The average molecular weight is 521 g/mol. The Balaban J connectivity index is 1.89. The van der Waals surface area contributed by atoms with Crippen LogP contribution in [0.25, 0.3) is 6.08 Å². The molecule has 1 N–H and O–H groups in total. The molecule has 174 valence electrons. The van der Waals surface area contributed by atoms with Crippen molar-refractivity contribution in [1.29, 1.82) is 5.26 Å². The van der Waals surface area contributed by atoms with Crippen molar-refractivity contribution in [3.8, 4) is 6.07 Å². The first-order valence-corrected chi connectivity index (χ1v) is 11.6. The quantitative estimate of drug-likeness (QED) is 0.370. The van der Waals surface area contributed by atoms with Gasteiger partial charge in [0.2, 0.25) is 0 Å². The number of rotatable bonds is 8. The summed E-state index contributed by atoms with van der Waals surface area (Å²) in [6, 6.07) is 19.1. The summed E-state index contributed by atoms with van der Waals surface area (Å²) in [6.45, 7) is 3.60. The molecule has 0 fully saturated rings. The molecule has 1 aliphatic rings. The second-order valence-corrected chi connectivity index (χ2v) is 8.56. The van der Waals surface area contributed by atoms with Gasteiger partial charge in [0, 0.05) is 15.9 Å². The summed E-state index contributed by atoms with van der Waals surface area (Å²) < 4.78 is 11.7. The minimum Gasteiger partial charge on any atom is -0.461 e. The van der Waals surface area contributed by atoms with Crippen molar-refractivity contribution in [1.82, 2.24) is 5.32 Å². The summed E-state index contributed by atoms with van der Waals surface area (Å²) in [7, 11) is 0. The summed E-state index contributed by atoms with van der Waals surface area (Å²) in [4.78, 5) is 26.3. The number of benzene rings is 2. The molecule has 1 atom stereocenters. The van der Waals surface area contributed by atoms with Gasteiger partial charge in [0.1, 0.15) is 13.2 Å². The van der Waals surface area contributed by atoms with E-state index in [1.165, 1.54) is 0 Å². The highest BCUT2D eigenvalue weighted by molar-refractivity contribution is 9.10. The Bertz CT molecular complexity index is 1190. The van der Waals surface area contributed by atoms with Crippen LogP contribution in [0.3, 0.4) is 0 Å². The van der Waals surface area contributed by atoms with Crippen LogP contribution >= 0.6 is 15.9 Å². The Morgan fingerprint density at radius 3 is 2.35 bits per heavy atom. The lowest BCUT2D eigenvalue weighted by atomic mass is 9.80. The van der Waals surface area contributed by atoms with Crippen LogP contribution in [-0.4, -0.2) is 25.2 Å². The van der Waals surface area contributed by atoms with Crippen molar-refractivity contribution in [3.63, 3.8) is 0 Å². The van der Waals surface area contributed by atoms with Crippen molar-refractivity contribution >= 4 is 33.9 Å². The van der Waals surface area contributed by atoms with Gasteiger partial charge in [-0.15, -0.1) is 0 Å². The highest BCUT2D eigenvalue weighted by Gasteiger charge is 2.38. The van der Waals surface area contributed by atoms with E-state index in [0.29, 0.717) is 22.5 Å². The van der Waals surface area contributed by atoms with Crippen LogP contribution in [0.2, 0.25) is 0 Å². The smallest absolute Gasteiger partial charge is 0.337 e. The average Bonchev–Trinajstić information content (AvgIpc) is 2.82. The summed E-state index contributed by atoms with van der Waals surface area (Å²) >= 11 is 3.47. The molecule has 3 rings (SSSR count). The lowest BCUT2D eigenvalue weighted by molar-refractivity contribution is -0.139. The SMILES string of the molecule is CC1=C(C(=O)OC/C=C/c2ccccc2)C(c2cccc(Br)c2)C(C(=O)OCCC#N)=C(C)N1. The van der Waals surface area contributed by atoms with Gasteiger partial charge in [-0.3, -0.25) is 0 Å². The maximum atomic E-state index is 13.2. The summed E-state index contributed by atoms with van der Waals surface area (Å²) in [5.74, 6) is -1.78. The van der Waals surface area contributed by atoms with Gasteiger partial charge in [-0.2, -0.15) is 5.26 Å². The zero-order chi connectivity index (χ0) is 24.5. The molecule has 1 unspecified atom stereocenters. The molecule has 0 saturated heterocycles. The lowest BCUT2D eigenvalue weighted by Gasteiger charge is -2.30. The first-order valence-electron chi connectivity index (χ1n) is 10.8. The van der Waals surface area contributed by atoms with Crippen molar-refractivity contribution < 1.29 is 19.1 Å². The monoisotopic (exact) mass is 520 g/mol.